The van der Waals surface area contributed by atoms with Crippen LogP contribution < -0.4 is 5.32 Å². The van der Waals surface area contributed by atoms with Gasteiger partial charge in [-0.2, -0.15) is 0 Å². The van der Waals surface area contributed by atoms with E-state index >= 15 is 0 Å². The Labute approximate surface area is 168 Å². The van der Waals surface area contributed by atoms with Crippen LogP contribution in [0.5, 0.6) is 0 Å². The molecule has 0 saturated heterocycles. The molecule has 0 aliphatic carbocycles. The van der Waals surface area contributed by atoms with E-state index in [1.54, 1.807) is 42.5 Å². The number of nitrogens with zero attached hydrogens (tertiary/aromatic N) is 1. The summed E-state index contributed by atoms with van der Waals surface area (Å²) in [7, 11) is 0. The Balaban J connectivity index is 1.54. The molecular formula is C19H14BrClN2O4. The topological polar surface area (TPSA) is 75.7 Å². The summed E-state index contributed by atoms with van der Waals surface area (Å²) in [6, 6.07) is 11.9. The molecule has 0 spiro atoms. The van der Waals surface area contributed by atoms with Gasteiger partial charge >= 0.3 is 5.97 Å². The highest BCUT2D eigenvalue weighted by atomic mass is 79.9. The van der Waals surface area contributed by atoms with Gasteiger partial charge in [-0.3, -0.25) is 19.3 Å². The fourth-order valence-corrected chi connectivity index (χ4v) is 3.32. The van der Waals surface area contributed by atoms with Crippen molar-refractivity contribution in [1.82, 2.24) is 4.90 Å². The molecule has 0 atom stereocenters. The van der Waals surface area contributed by atoms with E-state index in [0.29, 0.717) is 27.5 Å². The number of esters is 1. The summed E-state index contributed by atoms with van der Waals surface area (Å²) in [6.07, 6.45) is 0. The second kappa shape index (κ2) is 7.94. The highest BCUT2D eigenvalue weighted by Crippen LogP contribution is 2.30. The van der Waals surface area contributed by atoms with Crippen LogP contribution in [0.2, 0.25) is 5.02 Å². The molecule has 2 amide bonds. The molecule has 27 heavy (non-hydrogen) atoms. The van der Waals surface area contributed by atoms with Crippen LogP contribution in [0, 0.1) is 0 Å². The zero-order valence-electron chi connectivity index (χ0n) is 14.0. The number of hydrogen-bond donors (Lipinski definition) is 1. The van der Waals surface area contributed by atoms with Crippen molar-refractivity contribution in [2.75, 3.05) is 18.5 Å². The van der Waals surface area contributed by atoms with E-state index in [9.17, 15) is 14.4 Å². The summed E-state index contributed by atoms with van der Waals surface area (Å²) in [4.78, 5) is 37.6. The zero-order valence-corrected chi connectivity index (χ0v) is 16.3. The Hall–Kier alpha value is -2.64. The summed E-state index contributed by atoms with van der Waals surface area (Å²) in [5.41, 5.74) is 1.99. The lowest BCUT2D eigenvalue weighted by Crippen LogP contribution is -2.32. The highest BCUT2D eigenvalue weighted by molar-refractivity contribution is 9.10. The minimum absolute atomic E-state index is 0.321. The van der Waals surface area contributed by atoms with Crippen LogP contribution in [0.3, 0.4) is 0 Å². The molecule has 138 valence electrons. The Kier molecular flexibility index (Phi) is 5.62. The molecule has 1 N–H and O–H groups in total. The zero-order chi connectivity index (χ0) is 19.6. The molecule has 1 aliphatic rings. The average Bonchev–Trinajstić information content (AvgIpc) is 2.88. The second-order valence-electron chi connectivity index (χ2n) is 5.72. The summed E-state index contributed by atoms with van der Waals surface area (Å²) in [5.74, 6) is -1.57. The normalized spacial score (nSPS) is 12.7. The van der Waals surface area contributed by atoms with Gasteiger partial charge in [0.15, 0.2) is 6.61 Å². The van der Waals surface area contributed by atoms with Crippen molar-refractivity contribution in [2.24, 2.45) is 0 Å². The Morgan fingerprint density at radius 2 is 1.89 bits per heavy atom. The number of carbonyl (C=O) groups excluding carboxylic acids is 3. The molecule has 0 saturated carbocycles. The van der Waals surface area contributed by atoms with E-state index in [0.717, 1.165) is 4.47 Å². The summed E-state index contributed by atoms with van der Waals surface area (Å²) >= 11 is 9.29. The molecule has 1 heterocycles. The maximum atomic E-state index is 12.3. The van der Waals surface area contributed by atoms with Crippen molar-refractivity contribution >= 4 is 56.7 Å². The SMILES string of the molecule is C=C1c2ccccc2C(=O)N1CC(=O)OCC(=O)Nc1ccc(Br)cc1Cl. The maximum absolute atomic E-state index is 12.3. The van der Waals surface area contributed by atoms with E-state index in [2.05, 4.69) is 27.8 Å². The quantitative estimate of drug-likeness (QED) is 0.706. The van der Waals surface area contributed by atoms with Gasteiger partial charge in [0.05, 0.1) is 10.7 Å². The number of amides is 2. The first kappa shape index (κ1) is 19.1. The van der Waals surface area contributed by atoms with Gasteiger partial charge < -0.3 is 10.1 Å². The van der Waals surface area contributed by atoms with E-state index in [1.807, 2.05) is 0 Å². The number of rotatable bonds is 5. The largest absolute Gasteiger partial charge is 0.454 e. The molecular weight excluding hydrogens is 436 g/mol. The maximum Gasteiger partial charge on any atom is 0.326 e. The van der Waals surface area contributed by atoms with Gasteiger partial charge in [0.1, 0.15) is 6.54 Å². The van der Waals surface area contributed by atoms with E-state index < -0.39 is 18.5 Å². The van der Waals surface area contributed by atoms with Gasteiger partial charge in [0, 0.05) is 21.3 Å². The summed E-state index contributed by atoms with van der Waals surface area (Å²) in [6.45, 7) is 3.03. The molecule has 0 aromatic heterocycles. The van der Waals surface area contributed by atoms with Gasteiger partial charge in [0.25, 0.3) is 11.8 Å². The van der Waals surface area contributed by atoms with Crippen LogP contribution in [-0.2, 0) is 14.3 Å². The minimum atomic E-state index is -0.714. The Morgan fingerprint density at radius 1 is 1.19 bits per heavy atom. The Bertz CT molecular complexity index is 925. The van der Waals surface area contributed by atoms with Crippen LogP contribution in [0.15, 0.2) is 53.5 Å². The van der Waals surface area contributed by atoms with Crippen molar-refractivity contribution in [3.05, 3.63) is 69.7 Å². The van der Waals surface area contributed by atoms with Crippen LogP contribution in [0.25, 0.3) is 5.70 Å². The number of anilines is 1. The van der Waals surface area contributed by atoms with Crippen LogP contribution in [0.4, 0.5) is 5.69 Å². The summed E-state index contributed by atoms with van der Waals surface area (Å²) in [5, 5.41) is 2.90. The molecule has 3 rings (SSSR count). The molecule has 2 aromatic carbocycles. The molecule has 0 unspecified atom stereocenters. The molecule has 0 fully saturated rings. The lowest BCUT2D eigenvalue weighted by molar-refractivity contribution is -0.147. The van der Waals surface area contributed by atoms with Crippen molar-refractivity contribution in [2.45, 2.75) is 0 Å². The number of fused-ring (bicyclic) bond motifs is 1. The number of halogens is 2. The van der Waals surface area contributed by atoms with Gasteiger partial charge in [0.2, 0.25) is 0 Å². The Morgan fingerprint density at radius 3 is 2.56 bits per heavy atom. The van der Waals surface area contributed by atoms with Crippen molar-refractivity contribution < 1.29 is 19.1 Å². The first-order valence-corrected chi connectivity index (χ1v) is 9.04. The molecule has 0 radical (unpaired) electrons. The lowest BCUT2D eigenvalue weighted by Gasteiger charge is -2.16. The molecule has 6 nitrogen and oxygen atoms in total. The third-order valence-electron chi connectivity index (χ3n) is 3.90. The first-order chi connectivity index (χ1) is 12.9. The monoisotopic (exact) mass is 448 g/mol. The molecule has 1 aliphatic heterocycles. The third-order valence-corrected chi connectivity index (χ3v) is 4.70. The van der Waals surface area contributed by atoms with Crippen LogP contribution >= 0.6 is 27.5 Å². The summed E-state index contributed by atoms with van der Waals surface area (Å²) < 4.78 is 5.73. The van der Waals surface area contributed by atoms with Crippen molar-refractivity contribution in [3.8, 4) is 0 Å². The molecule has 2 aromatic rings. The van der Waals surface area contributed by atoms with E-state index in [1.165, 1.54) is 4.90 Å². The molecule has 8 heteroatoms. The standard InChI is InChI=1S/C19H14BrClN2O4/c1-11-13-4-2-3-5-14(13)19(26)23(11)9-18(25)27-10-17(24)22-16-7-6-12(20)8-15(16)21/h2-8H,1,9-10H2,(H,22,24). The fraction of sp³-hybridized carbons (Fsp3) is 0.105. The minimum Gasteiger partial charge on any atom is -0.454 e. The van der Waals surface area contributed by atoms with Crippen LogP contribution in [0.1, 0.15) is 15.9 Å². The van der Waals surface area contributed by atoms with Crippen LogP contribution in [-0.4, -0.2) is 35.8 Å². The van der Waals surface area contributed by atoms with Gasteiger partial charge in [-0.25, -0.2) is 0 Å². The number of ether oxygens (including phenoxy) is 1. The fourth-order valence-electron chi connectivity index (χ4n) is 2.60. The van der Waals surface area contributed by atoms with Gasteiger partial charge in [-0.1, -0.05) is 52.3 Å². The predicted molar refractivity (Wildman–Crippen MR) is 105 cm³/mol. The number of nitrogens with one attached hydrogen (secondary N) is 1. The van der Waals surface area contributed by atoms with E-state index in [-0.39, 0.29) is 12.5 Å². The second-order valence-corrected chi connectivity index (χ2v) is 7.04. The van der Waals surface area contributed by atoms with Crippen molar-refractivity contribution in [3.63, 3.8) is 0 Å². The number of carbonyl (C=O) groups is 3. The predicted octanol–water partition coefficient (Wildman–Crippen LogP) is 3.71. The van der Waals surface area contributed by atoms with E-state index in [4.69, 9.17) is 16.3 Å². The van der Waals surface area contributed by atoms with Crippen molar-refractivity contribution in [1.29, 1.82) is 0 Å². The van der Waals surface area contributed by atoms with Gasteiger partial charge in [-0.05, 0) is 24.3 Å². The number of hydrogen-bond acceptors (Lipinski definition) is 4. The smallest absolute Gasteiger partial charge is 0.326 e. The highest BCUT2D eigenvalue weighted by Gasteiger charge is 2.32. The first-order valence-electron chi connectivity index (χ1n) is 7.87. The van der Waals surface area contributed by atoms with Gasteiger partial charge in [-0.15, -0.1) is 0 Å². The lowest BCUT2D eigenvalue weighted by atomic mass is 10.1. The number of benzene rings is 2. The average molecular weight is 450 g/mol. The molecule has 0 bridgehead atoms. The third kappa shape index (κ3) is 4.20.